The van der Waals surface area contributed by atoms with E-state index in [-0.39, 0.29) is 0 Å². The number of hydrogen-bond acceptors (Lipinski definition) is 6. The molecular weight excluding hydrogens is 288 g/mol. The van der Waals surface area contributed by atoms with Crippen LogP contribution in [0.15, 0.2) is 30.5 Å². The van der Waals surface area contributed by atoms with Gasteiger partial charge in [-0.2, -0.15) is 10.4 Å². The molecule has 6 heteroatoms. The number of likely N-dealkylation sites (N-methyl/N-ethyl adjacent to an activating group) is 1. The Morgan fingerprint density at radius 2 is 2.17 bits per heavy atom. The smallest absolute Gasteiger partial charge is 0.151 e. The summed E-state index contributed by atoms with van der Waals surface area (Å²) in [4.78, 5) is 8.76. The van der Waals surface area contributed by atoms with E-state index >= 15 is 0 Å². The molecule has 0 bridgehead atoms. The zero-order valence-corrected chi connectivity index (χ0v) is 13.5. The van der Waals surface area contributed by atoms with Crippen LogP contribution < -0.4 is 9.80 Å². The molecule has 1 atom stereocenters. The average Bonchev–Trinajstić information content (AvgIpc) is 2.62. The van der Waals surface area contributed by atoms with Crippen LogP contribution in [-0.4, -0.2) is 41.4 Å². The standard InChI is InChI=1S/C17H20N6/c1-13-7-8-16(21-20-13)23-10-4-6-15(12-23)22(2)17-14(11-18)5-3-9-19-17/h3,5,7-9,15H,4,6,10,12H2,1-2H3/t15-/m1/s1. The quantitative estimate of drug-likeness (QED) is 0.865. The minimum atomic E-state index is 0.300. The van der Waals surface area contributed by atoms with Crippen molar-refractivity contribution in [3.05, 3.63) is 41.7 Å². The number of aromatic nitrogens is 3. The molecule has 118 valence electrons. The molecule has 1 saturated heterocycles. The molecule has 0 N–H and O–H groups in total. The third kappa shape index (κ3) is 3.24. The van der Waals surface area contributed by atoms with E-state index in [1.807, 2.05) is 32.2 Å². The Labute approximate surface area is 136 Å². The molecular formula is C17H20N6. The summed E-state index contributed by atoms with van der Waals surface area (Å²) in [5, 5.41) is 17.7. The largest absolute Gasteiger partial charge is 0.354 e. The highest BCUT2D eigenvalue weighted by molar-refractivity contribution is 5.54. The van der Waals surface area contributed by atoms with Gasteiger partial charge in [0.15, 0.2) is 5.82 Å². The molecule has 0 aromatic carbocycles. The van der Waals surface area contributed by atoms with Gasteiger partial charge in [-0.05, 0) is 44.0 Å². The van der Waals surface area contributed by atoms with Crippen molar-refractivity contribution in [3.63, 3.8) is 0 Å². The SMILES string of the molecule is Cc1ccc(N2CCC[C@@H](N(C)c3ncccc3C#N)C2)nn1. The molecule has 0 radical (unpaired) electrons. The number of piperidine rings is 1. The van der Waals surface area contributed by atoms with Crippen molar-refractivity contribution >= 4 is 11.6 Å². The van der Waals surface area contributed by atoms with E-state index < -0.39 is 0 Å². The van der Waals surface area contributed by atoms with E-state index in [1.54, 1.807) is 12.3 Å². The monoisotopic (exact) mass is 308 g/mol. The number of nitrogens with zero attached hydrogens (tertiary/aromatic N) is 6. The van der Waals surface area contributed by atoms with E-state index in [1.165, 1.54) is 0 Å². The first-order valence-electron chi connectivity index (χ1n) is 7.82. The summed E-state index contributed by atoms with van der Waals surface area (Å²) in [6.45, 7) is 3.78. The maximum Gasteiger partial charge on any atom is 0.151 e. The summed E-state index contributed by atoms with van der Waals surface area (Å²) >= 11 is 0. The minimum absolute atomic E-state index is 0.300. The van der Waals surface area contributed by atoms with Gasteiger partial charge in [0.2, 0.25) is 0 Å². The van der Waals surface area contributed by atoms with E-state index in [0.717, 1.165) is 43.3 Å². The van der Waals surface area contributed by atoms with Crippen molar-refractivity contribution in [2.24, 2.45) is 0 Å². The predicted molar refractivity (Wildman–Crippen MR) is 89.4 cm³/mol. The van der Waals surface area contributed by atoms with Gasteiger partial charge >= 0.3 is 0 Å². The summed E-state index contributed by atoms with van der Waals surface area (Å²) in [5.41, 5.74) is 1.54. The van der Waals surface area contributed by atoms with Crippen LogP contribution >= 0.6 is 0 Å². The summed E-state index contributed by atoms with van der Waals surface area (Å²) in [5.74, 6) is 1.66. The molecule has 0 spiro atoms. The molecule has 1 aliphatic rings. The van der Waals surface area contributed by atoms with Gasteiger partial charge in [-0.15, -0.1) is 5.10 Å². The lowest BCUT2D eigenvalue weighted by molar-refractivity contribution is 0.482. The third-order valence-electron chi connectivity index (χ3n) is 4.29. The van der Waals surface area contributed by atoms with Gasteiger partial charge in [-0.25, -0.2) is 4.98 Å². The van der Waals surface area contributed by atoms with Crippen LogP contribution in [0.2, 0.25) is 0 Å². The summed E-state index contributed by atoms with van der Waals surface area (Å²) in [6, 6.07) is 10.1. The third-order valence-corrected chi connectivity index (χ3v) is 4.29. The lowest BCUT2D eigenvalue weighted by Crippen LogP contribution is -2.47. The molecule has 6 nitrogen and oxygen atoms in total. The molecule has 2 aromatic rings. The first-order valence-corrected chi connectivity index (χ1v) is 7.82. The molecule has 0 aliphatic carbocycles. The van der Waals surface area contributed by atoms with Crippen molar-refractivity contribution in [3.8, 4) is 6.07 Å². The first kappa shape index (κ1) is 15.2. The summed E-state index contributed by atoms with van der Waals surface area (Å²) in [7, 11) is 2.01. The molecule has 1 aliphatic heterocycles. The van der Waals surface area contributed by atoms with Gasteiger partial charge in [0.25, 0.3) is 0 Å². The van der Waals surface area contributed by atoms with Crippen molar-refractivity contribution in [2.45, 2.75) is 25.8 Å². The number of hydrogen-bond donors (Lipinski definition) is 0. The normalized spacial score (nSPS) is 17.6. The average molecular weight is 308 g/mol. The van der Waals surface area contributed by atoms with Crippen molar-refractivity contribution in [1.82, 2.24) is 15.2 Å². The van der Waals surface area contributed by atoms with Crippen molar-refractivity contribution in [1.29, 1.82) is 5.26 Å². The lowest BCUT2D eigenvalue weighted by atomic mass is 10.0. The molecule has 3 rings (SSSR count). The summed E-state index contributed by atoms with van der Waals surface area (Å²) in [6.07, 6.45) is 3.89. The van der Waals surface area contributed by atoms with Gasteiger partial charge in [0.05, 0.1) is 11.3 Å². The van der Waals surface area contributed by atoms with Gasteiger partial charge in [0, 0.05) is 32.4 Å². The fourth-order valence-electron chi connectivity index (χ4n) is 2.98. The number of nitriles is 1. The van der Waals surface area contributed by atoms with E-state index in [9.17, 15) is 5.26 Å². The van der Waals surface area contributed by atoms with E-state index in [4.69, 9.17) is 0 Å². The van der Waals surface area contributed by atoms with Crippen LogP contribution in [0.3, 0.4) is 0 Å². The topological polar surface area (TPSA) is 68.9 Å². The zero-order chi connectivity index (χ0) is 16.2. The van der Waals surface area contributed by atoms with Crippen LogP contribution in [0.25, 0.3) is 0 Å². The molecule has 23 heavy (non-hydrogen) atoms. The van der Waals surface area contributed by atoms with Crippen LogP contribution in [0.4, 0.5) is 11.6 Å². The van der Waals surface area contributed by atoms with Crippen LogP contribution in [-0.2, 0) is 0 Å². The number of aryl methyl sites for hydroxylation is 1. The van der Waals surface area contributed by atoms with Crippen LogP contribution in [0.1, 0.15) is 24.1 Å². The molecule has 2 aromatic heterocycles. The second-order valence-corrected chi connectivity index (χ2v) is 5.87. The Kier molecular flexibility index (Phi) is 4.38. The second-order valence-electron chi connectivity index (χ2n) is 5.87. The maximum atomic E-state index is 9.28. The molecule has 0 amide bonds. The number of anilines is 2. The Morgan fingerprint density at radius 1 is 1.30 bits per heavy atom. The fourth-order valence-corrected chi connectivity index (χ4v) is 2.98. The van der Waals surface area contributed by atoms with Crippen LogP contribution in [0, 0.1) is 18.3 Å². The fraction of sp³-hybridized carbons (Fsp3) is 0.412. The highest BCUT2D eigenvalue weighted by Gasteiger charge is 2.26. The van der Waals surface area contributed by atoms with Gasteiger partial charge < -0.3 is 9.80 Å². The van der Waals surface area contributed by atoms with Gasteiger partial charge in [0.1, 0.15) is 11.9 Å². The van der Waals surface area contributed by atoms with Crippen molar-refractivity contribution < 1.29 is 0 Å². The second kappa shape index (κ2) is 6.61. The first-order chi connectivity index (χ1) is 11.2. The zero-order valence-electron chi connectivity index (χ0n) is 13.5. The minimum Gasteiger partial charge on any atom is -0.354 e. The number of rotatable bonds is 3. The summed E-state index contributed by atoms with van der Waals surface area (Å²) < 4.78 is 0. The van der Waals surface area contributed by atoms with Crippen LogP contribution in [0.5, 0.6) is 0 Å². The highest BCUT2D eigenvalue weighted by Crippen LogP contribution is 2.24. The highest BCUT2D eigenvalue weighted by atomic mass is 15.3. The molecule has 3 heterocycles. The van der Waals surface area contributed by atoms with E-state index in [2.05, 4.69) is 31.1 Å². The van der Waals surface area contributed by atoms with Gasteiger partial charge in [-0.1, -0.05) is 0 Å². The lowest BCUT2D eigenvalue weighted by Gasteiger charge is -2.38. The predicted octanol–water partition coefficient (Wildman–Crippen LogP) is 2.16. The Hall–Kier alpha value is -2.68. The Morgan fingerprint density at radius 3 is 2.91 bits per heavy atom. The van der Waals surface area contributed by atoms with Gasteiger partial charge in [-0.3, -0.25) is 0 Å². The Balaban J connectivity index is 1.78. The molecule has 0 saturated carbocycles. The van der Waals surface area contributed by atoms with Crippen molar-refractivity contribution in [2.75, 3.05) is 29.9 Å². The maximum absolute atomic E-state index is 9.28. The van der Waals surface area contributed by atoms with E-state index in [0.29, 0.717) is 11.6 Å². The molecule has 1 fully saturated rings. The number of pyridine rings is 1. The Bertz CT molecular complexity index is 706. The molecule has 0 unspecified atom stereocenters.